The molecule has 0 aliphatic carbocycles. The summed E-state index contributed by atoms with van der Waals surface area (Å²) in [4.78, 5) is 0.210. The van der Waals surface area contributed by atoms with E-state index >= 15 is 0 Å². The summed E-state index contributed by atoms with van der Waals surface area (Å²) < 4.78 is 38.9. The molecule has 1 aliphatic heterocycles. The zero-order valence-electron chi connectivity index (χ0n) is 13.5. The van der Waals surface area contributed by atoms with Crippen molar-refractivity contribution in [3.63, 3.8) is 0 Å². The van der Waals surface area contributed by atoms with E-state index in [0.717, 1.165) is 30.4 Å². The van der Waals surface area contributed by atoms with Gasteiger partial charge in [0.25, 0.3) is 0 Å². The van der Waals surface area contributed by atoms with Crippen LogP contribution in [0.25, 0.3) is 0 Å². The Morgan fingerprint density at radius 2 is 2.05 bits per heavy atom. The highest BCUT2D eigenvalue weighted by atomic mass is 32.2. The molecule has 0 saturated carbocycles. The average Bonchev–Trinajstić information content (AvgIpc) is 2.99. The van der Waals surface area contributed by atoms with E-state index in [0.29, 0.717) is 25.5 Å². The predicted octanol–water partition coefficient (Wildman–Crippen LogP) is 2.55. The van der Waals surface area contributed by atoms with Crippen LogP contribution >= 0.6 is 0 Å². The Kier molecular flexibility index (Phi) is 5.83. The molecule has 1 aromatic rings. The molecule has 1 heterocycles. The zero-order chi connectivity index (χ0) is 16.2. The minimum Gasteiger partial charge on any atom is -0.492 e. The Hall–Kier alpha value is -1.11. The fourth-order valence-corrected chi connectivity index (χ4v) is 3.66. The lowest BCUT2D eigenvalue weighted by Crippen LogP contribution is -2.32. The average molecular weight is 327 g/mol. The second-order valence-corrected chi connectivity index (χ2v) is 7.45. The summed E-state index contributed by atoms with van der Waals surface area (Å²) in [5.74, 6) is 0.421. The molecule has 124 valence electrons. The van der Waals surface area contributed by atoms with Gasteiger partial charge in [-0.1, -0.05) is 6.92 Å². The lowest BCUT2D eigenvalue weighted by molar-refractivity contribution is 0.114. The summed E-state index contributed by atoms with van der Waals surface area (Å²) in [6, 6.07) is 3.48. The first-order valence-corrected chi connectivity index (χ1v) is 9.27. The second kappa shape index (κ2) is 7.44. The molecule has 1 fully saturated rings. The van der Waals surface area contributed by atoms with Gasteiger partial charge in [-0.15, -0.1) is 0 Å². The molecule has 0 amide bonds. The quantitative estimate of drug-likeness (QED) is 0.836. The molecule has 2 rings (SSSR count). The van der Waals surface area contributed by atoms with E-state index in [1.54, 1.807) is 12.1 Å². The Balaban J connectivity index is 2.21. The molecule has 5 nitrogen and oxygen atoms in total. The smallest absolute Gasteiger partial charge is 0.244 e. The van der Waals surface area contributed by atoms with Crippen LogP contribution in [0.15, 0.2) is 17.0 Å². The Labute approximate surface area is 133 Å². The van der Waals surface area contributed by atoms with Gasteiger partial charge in [0.1, 0.15) is 10.6 Å². The van der Waals surface area contributed by atoms with Crippen molar-refractivity contribution in [1.82, 2.24) is 4.72 Å². The highest BCUT2D eigenvalue weighted by Crippen LogP contribution is 2.28. The first-order valence-electron chi connectivity index (χ1n) is 7.79. The van der Waals surface area contributed by atoms with Gasteiger partial charge in [-0.3, -0.25) is 0 Å². The maximum absolute atomic E-state index is 12.6. The van der Waals surface area contributed by atoms with Crippen LogP contribution in [0.3, 0.4) is 0 Å². The van der Waals surface area contributed by atoms with Gasteiger partial charge in [-0.25, -0.2) is 13.1 Å². The largest absolute Gasteiger partial charge is 0.492 e. The van der Waals surface area contributed by atoms with E-state index in [4.69, 9.17) is 9.47 Å². The third-order valence-electron chi connectivity index (χ3n) is 3.84. The van der Waals surface area contributed by atoms with Crippen LogP contribution in [0, 0.1) is 13.8 Å². The van der Waals surface area contributed by atoms with Gasteiger partial charge >= 0.3 is 0 Å². The molecule has 1 aliphatic rings. The van der Waals surface area contributed by atoms with E-state index in [1.165, 1.54) is 0 Å². The van der Waals surface area contributed by atoms with Crippen LogP contribution in [0.4, 0.5) is 0 Å². The monoisotopic (exact) mass is 327 g/mol. The van der Waals surface area contributed by atoms with Crippen LogP contribution < -0.4 is 9.46 Å². The lowest BCUT2D eigenvalue weighted by atomic mass is 10.1. The molecule has 1 atom stereocenters. The van der Waals surface area contributed by atoms with Gasteiger partial charge in [-0.2, -0.15) is 0 Å². The molecule has 0 spiro atoms. The van der Waals surface area contributed by atoms with Crippen molar-refractivity contribution in [2.75, 3.05) is 19.8 Å². The van der Waals surface area contributed by atoms with Crippen molar-refractivity contribution in [3.05, 3.63) is 23.3 Å². The van der Waals surface area contributed by atoms with Crippen molar-refractivity contribution < 1.29 is 17.9 Å². The minimum atomic E-state index is -3.60. The third-order valence-corrected chi connectivity index (χ3v) is 5.28. The molecule has 6 heteroatoms. The van der Waals surface area contributed by atoms with Crippen molar-refractivity contribution >= 4 is 10.0 Å². The van der Waals surface area contributed by atoms with Gasteiger partial charge in [0.15, 0.2) is 0 Å². The van der Waals surface area contributed by atoms with Crippen molar-refractivity contribution in [2.45, 2.75) is 51.0 Å². The zero-order valence-corrected chi connectivity index (χ0v) is 14.3. The molecule has 0 unspecified atom stereocenters. The number of sulfonamides is 1. The molecule has 0 bridgehead atoms. The van der Waals surface area contributed by atoms with Gasteiger partial charge in [0.2, 0.25) is 10.0 Å². The van der Waals surface area contributed by atoms with E-state index in [9.17, 15) is 8.42 Å². The molecule has 1 saturated heterocycles. The van der Waals surface area contributed by atoms with Gasteiger partial charge in [-0.05, 0) is 56.4 Å². The Bertz CT molecular complexity index is 607. The second-order valence-electron chi connectivity index (χ2n) is 5.72. The van der Waals surface area contributed by atoms with Crippen LogP contribution in [0.2, 0.25) is 0 Å². The molecule has 1 N–H and O–H groups in total. The Morgan fingerprint density at radius 3 is 2.68 bits per heavy atom. The highest BCUT2D eigenvalue weighted by Gasteiger charge is 2.24. The van der Waals surface area contributed by atoms with Crippen molar-refractivity contribution in [3.8, 4) is 5.75 Å². The van der Waals surface area contributed by atoms with E-state index in [2.05, 4.69) is 4.72 Å². The molecule has 1 aromatic carbocycles. The fraction of sp³-hybridized carbons (Fsp3) is 0.625. The van der Waals surface area contributed by atoms with Crippen LogP contribution in [-0.2, 0) is 14.8 Å². The topological polar surface area (TPSA) is 64.6 Å². The SMILES string of the molecule is CCCOc1cc(C)c(C)cc1S(=O)(=O)NC[C@@H]1CCCO1. The summed E-state index contributed by atoms with van der Waals surface area (Å²) >= 11 is 0. The molecular formula is C16H25NO4S. The number of ether oxygens (including phenoxy) is 2. The van der Waals surface area contributed by atoms with Crippen molar-refractivity contribution in [1.29, 1.82) is 0 Å². The van der Waals surface area contributed by atoms with E-state index < -0.39 is 10.0 Å². The first kappa shape index (κ1) is 17.2. The maximum Gasteiger partial charge on any atom is 0.244 e. The fourth-order valence-electron chi connectivity index (χ4n) is 2.38. The number of aryl methyl sites for hydroxylation is 2. The molecule has 22 heavy (non-hydrogen) atoms. The van der Waals surface area contributed by atoms with Crippen LogP contribution in [-0.4, -0.2) is 34.3 Å². The van der Waals surface area contributed by atoms with Gasteiger partial charge in [0, 0.05) is 13.2 Å². The van der Waals surface area contributed by atoms with Crippen molar-refractivity contribution in [2.24, 2.45) is 0 Å². The highest BCUT2D eigenvalue weighted by molar-refractivity contribution is 7.89. The number of benzene rings is 1. The first-order chi connectivity index (χ1) is 10.4. The number of hydrogen-bond donors (Lipinski definition) is 1. The number of nitrogens with one attached hydrogen (secondary N) is 1. The summed E-state index contributed by atoms with van der Waals surface area (Å²) in [6.45, 7) is 7.35. The third kappa shape index (κ3) is 4.21. The summed E-state index contributed by atoms with van der Waals surface area (Å²) in [5.41, 5.74) is 1.95. The summed E-state index contributed by atoms with van der Waals surface area (Å²) in [6.07, 6.45) is 2.69. The standard InChI is InChI=1S/C16H25NO4S/c1-4-7-21-15-9-12(2)13(3)10-16(15)22(18,19)17-11-14-6-5-8-20-14/h9-10,14,17H,4-8,11H2,1-3H3/t14-/m0/s1. The normalized spacial score (nSPS) is 18.6. The van der Waals surface area contributed by atoms with Gasteiger partial charge < -0.3 is 9.47 Å². The minimum absolute atomic E-state index is 0.0265. The Morgan fingerprint density at radius 1 is 1.32 bits per heavy atom. The number of hydrogen-bond acceptors (Lipinski definition) is 4. The van der Waals surface area contributed by atoms with E-state index in [-0.39, 0.29) is 11.0 Å². The van der Waals surface area contributed by atoms with Crippen LogP contribution in [0.1, 0.15) is 37.3 Å². The molecule has 0 aromatic heterocycles. The summed E-state index contributed by atoms with van der Waals surface area (Å²) in [7, 11) is -3.60. The van der Waals surface area contributed by atoms with Crippen LogP contribution in [0.5, 0.6) is 5.75 Å². The number of rotatable bonds is 7. The summed E-state index contributed by atoms with van der Waals surface area (Å²) in [5, 5.41) is 0. The molecule has 0 radical (unpaired) electrons. The van der Waals surface area contributed by atoms with E-state index in [1.807, 2.05) is 20.8 Å². The maximum atomic E-state index is 12.6. The lowest BCUT2D eigenvalue weighted by Gasteiger charge is -2.16. The van der Waals surface area contributed by atoms with Gasteiger partial charge in [0.05, 0.1) is 12.7 Å². The molecular weight excluding hydrogens is 302 g/mol. The predicted molar refractivity (Wildman–Crippen MR) is 85.9 cm³/mol.